The van der Waals surface area contributed by atoms with Gasteiger partial charge in [-0.05, 0) is 25.1 Å². The molecule has 3 nitrogen and oxygen atoms in total. The smallest absolute Gasteiger partial charge is 0.237 e. The Morgan fingerprint density at radius 2 is 2.06 bits per heavy atom. The van der Waals surface area contributed by atoms with Gasteiger partial charge in [0, 0.05) is 0 Å². The molecule has 0 aliphatic heterocycles. The Hall–Kier alpha value is -2.29. The first kappa shape index (κ1) is 12.2. The molecule has 0 bridgehead atoms. The molecule has 0 aliphatic rings. The number of hydrogen-bond acceptors (Lipinski definition) is 2. The highest BCUT2D eigenvalue weighted by Gasteiger charge is 2.30. The predicted molar refractivity (Wildman–Crippen MR) is 58.0 cm³/mol. The maximum atomic E-state index is 12.6. The van der Waals surface area contributed by atoms with E-state index in [1.807, 2.05) is 6.07 Å². The standard InChI is InChI=1S/C12H8F3N3/c1-8-9(6-16)7-17-18(8)11-4-2-3-10(5-11)12(13,14)15/h2-5,7H,1H3. The van der Waals surface area contributed by atoms with Crippen LogP contribution in [-0.2, 0) is 6.18 Å². The van der Waals surface area contributed by atoms with Gasteiger partial charge in [0.1, 0.15) is 6.07 Å². The molecule has 6 heteroatoms. The Morgan fingerprint density at radius 3 is 2.61 bits per heavy atom. The fraction of sp³-hybridized carbons (Fsp3) is 0.167. The van der Waals surface area contributed by atoms with E-state index in [2.05, 4.69) is 5.10 Å². The molecule has 92 valence electrons. The van der Waals surface area contributed by atoms with Crippen molar-refractivity contribution in [2.75, 3.05) is 0 Å². The molecule has 0 radical (unpaired) electrons. The van der Waals surface area contributed by atoms with Crippen LogP contribution in [0.4, 0.5) is 13.2 Å². The molecule has 18 heavy (non-hydrogen) atoms. The fourth-order valence-corrected chi connectivity index (χ4v) is 1.59. The van der Waals surface area contributed by atoms with Crippen molar-refractivity contribution < 1.29 is 13.2 Å². The molecule has 0 saturated heterocycles. The van der Waals surface area contributed by atoms with E-state index in [0.29, 0.717) is 11.3 Å². The molecule has 0 saturated carbocycles. The van der Waals surface area contributed by atoms with Crippen LogP contribution in [0.2, 0.25) is 0 Å². The summed E-state index contributed by atoms with van der Waals surface area (Å²) in [6, 6.07) is 6.74. The van der Waals surface area contributed by atoms with Gasteiger partial charge < -0.3 is 0 Å². The molecule has 2 aromatic rings. The van der Waals surface area contributed by atoms with Gasteiger partial charge in [-0.25, -0.2) is 4.68 Å². The van der Waals surface area contributed by atoms with E-state index in [1.54, 1.807) is 6.92 Å². The number of nitriles is 1. The van der Waals surface area contributed by atoms with Gasteiger partial charge >= 0.3 is 6.18 Å². The number of alkyl halides is 3. The van der Waals surface area contributed by atoms with Crippen molar-refractivity contribution in [2.24, 2.45) is 0 Å². The summed E-state index contributed by atoms with van der Waals surface area (Å²) in [6.45, 7) is 1.63. The lowest BCUT2D eigenvalue weighted by atomic mass is 10.2. The van der Waals surface area contributed by atoms with Crippen LogP contribution in [0.15, 0.2) is 30.5 Å². The van der Waals surface area contributed by atoms with Crippen LogP contribution in [0.3, 0.4) is 0 Å². The molecule has 0 spiro atoms. The Labute approximate surface area is 101 Å². The quantitative estimate of drug-likeness (QED) is 0.781. The Balaban J connectivity index is 2.52. The number of benzene rings is 1. The van der Waals surface area contributed by atoms with Gasteiger partial charge in [0.2, 0.25) is 0 Å². The molecule has 1 heterocycles. The van der Waals surface area contributed by atoms with Crippen LogP contribution in [-0.4, -0.2) is 9.78 Å². The molecule has 0 unspecified atom stereocenters. The third-order valence-corrected chi connectivity index (χ3v) is 2.55. The molecule has 0 atom stereocenters. The number of hydrogen-bond donors (Lipinski definition) is 0. The van der Waals surface area contributed by atoms with Gasteiger partial charge in [-0.1, -0.05) is 6.07 Å². The lowest BCUT2D eigenvalue weighted by Crippen LogP contribution is -2.07. The SMILES string of the molecule is Cc1c(C#N)cnn1-c1cccc(C(F)(F)F)c1. The van der Waals surface area contributed by atoms with Crippen LogP contribution in [0.1, 0.15) is 16.8 Å². The third-order valence-electron chi connectivity index (χ3n) is 2.55. The maximum Gasteiger partial charge on any atom is 0.416 e. The lowest BCUT2D eigenvalue weighted by molar-refractivity contribution is -0.137. The van der Waals surface area contributed by atoms with Crippen LogP contribution in [0, 0.1) is 18.3 Å². The first-order chi connectivity index (χ1) is 8.43. The molecule has 1 aromatic heterocycles. The van der Waals surface area contributed by atoms with Gasteiger partial charge in [-0.15, -0.1) is 0 Å². The number of halogens is 3. The second-order valence-electron chi connectivity index (χ2n) is 3.72. The van der Waals surface area contributed by atoms with E-state index in [9.17, 15) is 13.2 Å². The Bertz CT molecular complexity index is 620. The average molecular weight is 251 g/mol. The summed E-state index contributed by atoms with van der Waals surface area (Å²) >= 11 is 0. The van der Waals surface area contributed by atoms with Gasteiger partial charge in [-0.3, -0.25) is 0 Å². The van der Waals surface area contributed by atoms with Crippen LogP contribution >= 0.6 is 0 Å². The van der Waals surface area contributed by atoms with Crippen molar-refractivity contribution in [3.05, 3.63) is 47.3 Å². The monoisotopic (exact) mass is 251 g/mol. The molecule has 2 rings (SSSR count). The van der Waals surface area contributed by atoms with E-state index < -0.39 is 11.7 Å². The van der Waals surface area contributed by atoms with Crippen LogP contribution < -0.4 is 0 Å². The van der Waals surface area contributed by atoms with Gasteiger partial charge in [0.15, 0.2) is 0 Å². The summed E-state index contributed by atoms with van der Waals surface area (Å²) in [6.07, 6.45) is -3.06. The first-order valence-corrected chi connectivity index (χ1v) is 5.06. The van der Waals surface area contributed by atoms with Crippen molar-refractivity contribution in [1.82, 2.24) is 9.78 Å². The fourth-order valence-electron chi connectivity index (χ4n) is 1.59. The van der Waals surface area contributed by atoms with Gasteiger partial charge in [0.25, 0.3) is 0 Å². The van der Waals surface area contributed by atoms with E-state index in [0.717, 1.165) is 12.1 Å². The van der Waals surface area contributed by atoms with E-state index in [1.165, 1.54) is 23.0 Å². The van der Waals surface area contributed by atoms with Crippen molar-refractivity contribution in [2.45, 2.75) is 13.1 Å². The Kier molecular flexibility index (Phi) is 2.83. The molecular formula is C12H8F3N3. The van der Waals surface area contributed by atoms with Crippen molar-refractivity contribution >= 4 is 0 Å². The van der Waals surface area contributed by atoms with Crippen molar-refractivity contribution in [1.29, 1.82) is 5.26 Å². The van der Waals surface area contributed by atoms with E-state index in [4.69, 9.17) is 5.26 Å². The largest absolute Gasteiger partial charge is 0.416 e. The zero-order valence-corrected chi connectivity index (χ0v) is 9.36. The highest BCUT2D eigenvalue weighted by atomic mass is 19.4. The molecular weight excluding hydrogens is 243 g/mol. The second-order valence-corrected chi connectivity index (χ2v) is 3.72. The van der Waals surface area contributed by atoms with E-state index in [-0.39, 0.29) is 5.69 Å². The van der Waals surface area contributed by atoms with Gasteiger partial charge in [-0.2, -0.15) is 23.5 Å². The number of nitrogens with zero attached hydrogens (tertiary/aromatic N) is 3. The van der Waals surface area contributed by atoms with Gasteiger partial charge in [0.05, 0.1) is 28.7 Å². The van der Waals surface area contributed by atoms with Crippen LogP contribution in [0.5, 0.6) is 0 Å². The van der Waals surface area contributed by atoms with Crippen molar-refractivity contribution in [3.63, 3.8) is 0 Å². The normalized spacial score (nSPS) is 11.3. The number of aromatic nitrogens is 2. The number of rotatable bonds is 1. The van der Waals surface area contributed by atoms with Crippen LogP contribution in [0.25, 0.3) is 5.69 Å². The molecule has 0 N–H and O–H groups in total. The van der Waals surface area contributed by atoms with Crippen molar-refractivity contribution in [3.8, 4) is 11.8 Å². The average Bonchev–Trinajstić information content (AvgIpc) is 2.69. The summed E-state index contributed by atoms with van der Waals surface area (Å²) in [5.74, 6) is 0. The summed E-state index contributed by atoms with van der Waals surface area (Å²) in [7, 11) is 0. The highest BCUT2D eigenvalue weighted by molar-refractivity contribution is 5.41. The second kappa shape index (κ2) is 4.18. The predicted octanol–water partition coefficient (Wildman–Crippen LogP) is 3.07. The lowest BCUT2D eigenvalue weighted by Gasteiger charge is -2.09. The molecule has 0 fully saturated rings. The molecule has 1 aromatic carbocycles. The zero-order valence-electron chi connectivity index (χ0n) is 9.36. The minimum absolute atomic E-state index is 0.281. The first-order valence-electron chi connectivity index (χ1n) is 5.06. The minimum atomic E-state index is -4.39. The Morgan fingerprint density at radius 1 is 1.33 bits per heavy atom. The minimum Gasteiger partial charge on any atom is -0.237 e. The maximum absolute atomic E-state index is 12.6. The summed E-state index contributed by atoms with van der Waals surface area (Å²) in [5, 5.41) is 12.7. The van der Waals surface area contributed by atoms with E-state index >= 15 is 0 Å². The third kappa shape index (κ3) is 2.07. The summed E-state index contributed by atoms with van der Waals surface area (Å²) in [4.78, 5) is 0. The molecule has 0 aliphatic carbocycles. The highest BCUT2D eigenvalue weighted by Crippen LogP contribution is 2.30. The molecule has 0 amide bonds. The zero-order chi connectivity index (χ0) is 13.3. The summed E-state index contributed by atoms with van der Waals surface area (Å²) in [5.41, 5.74) is 0.390. The summed E-state index contributed by atoms with van der Waals surface area (Å²) < 4.78 is 39.0. The topological polar surface area (TPSA) is 41.6 Å².